The van der Waals surface area contributed by atoms with E-state index in [4.69, 9.17) is 0 Å². The number of hydrogen-bond acceptors (Lipinski definition) is 3. The van der Waals surface area contributed by atoms with Crippen molar-refractivity contribution in [1.82, 2.24) is 20.1 Å². The molecule has 4 nitrogen and oxygen atoms in total. The highest BCUT2D eigenvalue weighted by Gasteiger charge is 1.96. The van der Waals surface area contributed by atoms with Crippen molar-refractivity contribution in [1.29, 1.82) is 0 Å². The van der Waals surface area contributed by atoms with E-state index in [1.54, 1.807) is 6.20 Å². The molecule has 0 spiro atoms. The van der Waals surface area contributed by atoms with Crippen LogP contribution in [0.1, 0.15) is 11.1 Å². The zero-order valence-electron chi connectivity index (χ0n) is 9.43. The van der Waals surface area contributed by atoms with Gasteiger partial charge >= 0.3 is 0 Å². The molecule has 0 aliphatic carbocycles. The first-order chi connectivity index (χ1) is 7.84. The summed E-state index contributed by atoms with van der Waals surface area (Å²) in [6.07, 6.45) is 8.63. The van der Waals surface area contributed by atoms with Crippen LogP contribution in [0.4, 0.5) is 0 Å². The van der Waals surface area contributed by atoms with Crippen LogP contribution in [0.3, 0.4) is 0 Å². The first-order valence-electron chi connectivity index (χ1n) is 5.42. The molecule has 1 N–H and O–H groups in total. The number of aromatic nitrogens is 3. The summed E-state index contributed by atoms with van der Waals surface area (Å²) in [5, 5.41) is 7.50. The molecule has 0 radical (unpaired) electrons. The summed E-state index contributed by atoms with van der Waals surface area (Å²) in [6, 6.07) is 4.06. The van der Waals surface area contributed by atoms with Crippen LogP contribution >= 0.6 is 0 Å². The number of pyridine rings is 1. The second-order valence-electron chi connectivity index (χ2n) is 3.81. The summed E-state index contributed by atoms with van der Waals surface area (Å²) in [5.74, 6) is 0. The maximum Gasteiger partial charge on any atom is 0.0534 e. The van der Waals surface area contributed by atoms with E-state index in [-0.39, 0.29) is 0 Å². The lowest BCUT2D eigenvalue weighted by atomic mass is 10.2. The van der Waals surface area contributed by atoms with Crippen LogP contribution < -0.4 is 5.32 Å². The number of rotatable bonds is 5. The molecule has 0 aromatic carbocycles. The van der Waals surface area contributed by atoms with Gasteiger partial charge < -0.3 is 5.32 Å². The highest BCUT2D eigenvalue weighted by atomic mass is 15.2. The Balaban J connectivity index is 1.69. The summed E-state index contributed by atoms with van der Waals surface area (Å²) < 4.78 is 1.82. The van der Waals surface area contributed by atoms with Crippen molar-refractivity contribution >= 4 is 0 Å². The first kappa shape index (κ1) is 10.8. The Morgan fingerprint density at radius 2 is 2.25 bits per heavy atom. The topological polar surface area (TPSA) is 42.7 Å². The van der Waals surface area contributed by atoms with Crippen LogP contribution in [-0.4, -0.2) is 21.3 Å². The third-order valence-corrected chi connectivity index (χ3v) is 2.40. The molecule has 0 amide bonds. The molecule has 4 heteroatoms. The molecular formula is C12H16N4. The van der Waals surface area contributed by atoms with Crippen LogP contribution in [-0.2, 0) is 20.0 Å². The minimum atomic E-state index is 0.869. The molecular weight excluding hydrogens is 200 g/mol. The van der Waals surface area contributed by atoms with Crippen LogP contribution in [0.2, 0.25) is 0 Å². The molecule has 84 valence electrons. The predicted octanol–water partition coefficient (Wildman–Crippen LogP) is 1.15. The Morgan fingerprint density at radius 1 is 1.31 bits per heavy atom. The lowest BCUT2D eigenvalue weighted by Gasteiger charge is -2.02. The Hall–Kier alpha value is -1.68. The van der Waals surface area contributed by atoms with Crippen molar-refractivity contribution < 1.29 is 0 Å². The van der Waals surface area contributed by atoms with Crippen LogP contribution in [0, 0.1) is 0 Å². The maximum absolute atomic E-state index is 4.12. The molecule has 2 aromatic rings. The first-order valence-corrected chi connectivity index (χ1v) is 5.42. The van der Waals surface area contributed by atoms with Crippen molar-refractivity contribution in [2.45, 2.75) is 13.0 Å². The second-order valence-corrected chi connectivity index (χ2v) is 3.81. The monoisotopic (exact) mass is 216 g/mol. The summed E-state index contributed by atoms with van der Waals surface area (Å²) in [5.41, 5.74) is 2.48. The van der Waals surface area contributed by atoms with E-state index in [9.17, 15) is 0 Å². The molecule has 0 aliphatic rings. The minimum Gasteiger partial charge on any atom is -0.312 e. The van der Waals surface area contributed by atoms with E-state index >= 15 is 0 Å². The number of hydrogen-bond donors (Lipinski definition) is 1. The van der Waals surface area contributed by atoms with Gasteiger partial charge in [-0.1, -0.05) is 6.07 Å². The molecule has 0 saturated heterocycles. The standard InChI is InChI=1S/C12H16N4/c1-16-10-12(9-15-16)8-14-6-4-11-3-2-5-13-7-11/h2-3,5,7,9-10,14H,4,6,8H2,1H3. The van der Waals surface area contributed by atoms with E-state index in [2.05, 4.69) is 21.5 Å². The smallest absolute Gasteiger partial charge is 0.0534 e. The zero-order valence-corrected chi connectivity index (χ0v) is 9.43. The van der Waals surface area contributed by atoms with Crippen molar-refractivity contribution in [2.24, 2.45) is 7.05 Å². The molecule has 2 heterocycles. The van der Waals surface area contributed by atoms with Gasteiger partial charge in [-0.15, -0.1) is 0 Å². The Kier molecular flexibility index (Phi) is 3.66. The average Bonchev–Trinajstić information content (AvgIpc) is 2.72. The molecule has 0 bridgehead atoms. The van der Waals surface area contributed by atoms with E-state index < -0.39 is 0 Å². The SMILES string of the molecule is Cn1cc(CNCCc2cccnc2)cn1. The third kappa shape index (κ3) is 3.17. The van der Waals surface area contributed by atoms with Gasteiger partial charge in [-0.05, 0) is 24.6 Å². The molecule has 0 fully saturated rings. The summed E-state index contributed by atoms with van der Waals surface area (Å²) in [7, 11) is 1.93. The van der Waals surface area contributed by atoms with Crippen molar-refractivity contribution in [3.8, 4) is 0 Å². The van der Waals surface area contributed by atoms with Crippen LogP contribution in [0.5, 0.6) is 0 Å². The fourth-order valence-corrected chi connectivity index (χ4v) is 1.57. The van der Waals surface area contributed by atoms with Crippen molar-refractivity contribution in [2.75, 3.05) is 6.54 Å². The molecule has 2 aromatic heterocycles. The fraction of sp³-hybridized carbons (Fsp3) is 0.333. The average molecular weight is 216 g/mol. The van der Waals surface area contributed by atoms with Crippen LogP contribution in [0.25, 0.3) is 0 Å². The molecule has 0 atom stereocenters. The molecule has 0 aliphatic heterocycles. The molecule has 0 unspecified atom stereocenters. The van der Waals surface area contributed by atoms with Gasteiger partial charge in [0, 0.05) is 37.7 Å². The summed E-state index contributed by atoms with van der Waals surface area (Å²) in [6.45, 7) is 1.83. The summed E-state index contributed by atoms with van der Waals surface area (Å²) >= 11 is 0. The van der Waals surface area contributed by atoms with E-state index in [1.165, 1.54) is 11.1 Å². The van der Waals surface area contributed by atoms with Gasteiger partial charge in [0.25, 0.3) is 0 Å². The highest BCUT2D eigenvalue weighted by molar-refractivity contribution is 5.09. The van der Waals surface area contributed by atoms with Gasteiger partial charge in [0.1, 0.15) is 0 Å². The van der Waals surface area contributed by atoms with Gasteiger partial charge in [-0.25, -0.2) is 0 Å². The highest BCUT2D eigenvalue weighted by Crippen LogP contribution is 1.97. The summed E-state index contributed by atoms with van der Waals surface area (Å²) in [4.78, 5) is 4.08. The quantitative estimate of drug-likeness (QED) is 0.762. The van der Waals surface area contributed by atoms with Gasteiger partial charge in [0.2, 0.25) is 0 Å². The Morgan fingerprint density at radius 3 is 2.94 bits per heavy atom. The van der Waals surface area contributed by atoms with E-state index in [0.717, 1.165) is 19.5 Å². The molecule has 16 heavy (non-hydrogen) atoms. The van der Waals surface area contributed by atoms with E-state index in [1.807, 2.05) is 36.4 Å². The second kappa shape index (κ2) is 5.42. The van der Waals surface area contributed by atoms with E-state index in [0.29, 0.717) is 0 Å². The predicted molar refractivity (Wildman–Crippen MR) is 62.9 cm³/mol. The lowest BCUT2D eigenvalue weighted by molar-refractivity contribution is 0.684. The maximum atomic E-state index is 4.12. The van der Waals surface area contributed by atoms with Crippen molar-refractivity contribution in [3.05, 3.63) is 48.0 Å². The normalized spacial score (nSPS) is 10.6. The van der Waals surface area contributed by atoms with Gasteiger partial charge in [0.05, 0.1) is 6.20 Å². The minimum absolute atomic E-state index is 0.869. The Bertz CT molecular complexity index is 422. The molecule has 0 saturated carbocycles. The largest absolute Gasteiger partial charge is 0.312 e. The molecule has 2 rings (SSSR count). The van der Waals surface area contributed by atoms with Crippen LogP contribution in [0.15, 0.2) is 36.9 Å². The van der Waals surface area contributed by atoms with Gasteiger partial charge in [-0.2, -0.15) is 5.10 Å². The number of aryl methyl sites for hydroxylation is 1. The third-order valence-electron chi connectivity index (χ3n) is 2.40. The zero-order chi connectivity index (χ0) is 11.2. The number of nitrogens with one attached hydrogen (secondary N) is 1. The van der Waals surface area contributed by atoms with Gasteiger partial charge in [0.15, 0.2) is 0 Å². The van der Waals surface area contributed by atoms with Crippen molar-refractivity contribution in [3.63, 3.8) is 0 Å². The number of nitrogens with zero attached hydrogens (tertiary/aromatic N) is 3. The van der Waals surface area contributed by atoms with Gasteiger partial charge in [-0.3, -0.25) is 9.67 Å². The fourth-order valence-electron chi connectivity index (χ4n) is 1.57. The lowest BCUT2D eigenvalue weighted by Crippen LogP contribution is -2.16. The Labute approximate surface area is 95.3 Å².